The van der Waals surface area contributed by atoms with Gasteiger partial charge in [0.05, 0.1) is 12.8 Å². The van der Waals surface area contributed by atoms with E-state index in [0.29, 0.717) is 23.9 Å². The molecule has 0 spiro atoms. The van der Waals surface area contributed by atoms with E-state index in [0.717, 1.165) is 12.0 Å². The van der Waals surface area contributed by atoms with Crippen molar-refractivity contribution >= 4 is 23.9 Å². The molecule has 0 atom stereocenters. The molecule has 1 heterocycles. The highest BCUT2D eigenvalue weighted by Gasteiger charge is 2.19. The van der Waals surface area contributed by atoms with Gasteiger partial charge in [0.25, 0.3) is 0 Å². The first-order chi connectivity index (χ1) is 10.7. The minimum Gasteiger partial charge on any atom is -0.410 e. The molecule has 0 saturated carbocycles. The lowest BCUT2D eigenvalue weighted by atomic mass is 10.1. The maximum Gasteiger partial charge on any atom is 0.415 e. The van der Waals surface area contributed by atoms with Gasteiger partial charge in [0, 0.05) is 11.6 Å². The molecule has 5 nitrogen and oxygen atoms in total. The number of carbonyl (C=O) groups excluding carboxylic acids is 1. The van der Waals surface area contributed by atoms with E-state index in [9.17, 15) is 4.79 Å². The topological polar surface area (TPSA) is 51.1 Å². The Hall–Kier alpha value is -2.45. The maximum absolute atomic E-state index is 12.1. The van der Waals surface area contributed by atoms with Crippen LogP contribution in [0.25, 0.3) is 0 Å². The molecule has 22 heavy (non-hydrogen) atoms. The lowest BCUT2D eigenvalue weighted by Gasteiger charge is -2.25. The molecule has 1 aromatic carbocycles. The zero-order valence-corrected chi connectivity index (χ0v) is 12.6. The number of ether oxygens (including phenoxy) is 1. The van der Waals surface area contributed by atoms with Gasteiger partial charge in [-0.3, -0.25) is 0 Å². The number of terminal acetylenes is 1. The van der Waals surface area contributed by atoms with Crippen molar-refractivity contribution in [1.82, 2.24) is 4.90 Å². The quantitative estimate of drug-likeness (QED) is 0.371. The van der Waals surface area contributed by atoms with Crippen LogP contribution in [-0.4, -0.2) is 36.9 Å². The SMILES string of the molecule is C#CCO/N=C/C1=CCCN(C(=O)Oc2ccc(Cl)cc2)C1. The van der Waals surface area contributed by atoms with Crippen molar-refractivity contribution in [3.63, 3.8) is 0 Å². The van der Waals surface area contributed by atoms with E-state index >= 15 is 0 Å². The summed E-state index contributed by atoms with van der Waals surface area (Å²) in [7, 11) is 0. The third-order valence-electron chi connectivity index (χ3n) is 2.90. The average Bonchev–Trinajstić information content (AvgIpc) is 2.54. The number of rotatable bonds is 4. The first-order valence-corrected chi connectivity index (χ1v) is 7.07. The molecule has 0 unspecified atom stereocenters. The molecular weight excluding hydrogens is 304 g/mol. The number of hydrogen-bond acceptors (Lipinski definition) is 4. The summed E-state index contributed by atoms with van der Waals surface area (Å²) < 4.78 is 5.30. The zero-order valence-electron chi connectivity index (χ0n) is 11.9. The highest BCUT2D eigenvalue weighted by molar-refractivity contribution is 6.30. The third-order valence-corrected chi connectivity index (χ3v) is 3.15. The van der Waals surface area contributed by atoms with Crippen molar-refractivity contribution in [2.75, 3.05) is 19.7 Å². The minimum atomic E-state index is -0.411. The number of hydrogen-bond donors (Lipinski definition) is 0. The third kappa shape index (κ3) is 4.83. The fourth-order valence-electron chi connectivity index (χ4n) is 1.87. The molecule has 0 aromatic heterocycles. The summed E-state index contributed by atoms with van der Waals surface area (Å²) >= 11 is 5.79. The van der Waals surface area contributed by atoms with E-state index in [4.69, 9.17) is 27.6 Å². The number of oxime groups is 1. The van der Waals surface area contributed by atoms with E-state index in [1.165, 1.54) is 0 Å². The van der Waals surface area contributed by atoms with Crippen molar-refractivity contribution in [3.8, 4) is 18.1 Å². The Morgan fingerprint density at radius 1 is 1.45 bits per heavy atom. The average molecular weight is 319 g/mol. The van der Waals surface area contributed by atoms with Crippen molar-refractivity contribution in [2.24, 2.45) is 5.16 Å². The first kappa shape index (κ1) is 15.9. The summed E-state index contributed by atoms with van der Waals surface area (Å²) in [6.07, 6.45) is 8.92. The van der Waals surface area contributed by atoms with Crippen molar-refractivity contribution in [1.29, 1.82) is 0 Å². The number of halogens is 1. The predicted octanol–water partition coefficient (Wildman–Crippen LogP) is 3.11. The van der Waals surface area contributed by atoms with E-state index in [-0.39, 0.29) is 6.61 Å². The second kappa shape index (κ2) is 8.11. The Bertz CT molecular complexity index is 617. The summed E-state index contributed by atoms with van der Waals surface area (Å²) in [6.45, 7) is 1.12. The molecule has 1 aromatic rings. The molecule has 2 rings (SSSR count). The highest BCUT2D eigenvalue weighted by atomic mass is 35.5. The summed E-state index contributed by atoms with van der Waals surface area (Å²) in [5, 5.41) is 4.33. The largest absolute Gasteiger partial charge is 0.415 e. The highest BCUT2D eigenvalue weighted by Crippen LogP contribution is 2.17. The molecule has 1 aliphatic heterocycles. The van der Waals surface area contributed by atoms with Crippen molar-refractivity contribution in [2.45, 2.75) is 6.42 Å². The van der Waals surface area contributed by atoms with Gasteiger partial charge >= 0.3 is 6.09 Å². The van der Waals surface area contributed by atoms with Crippen LogP contribution in [0.1, 0.15) is 6.42 Å². The molecule has 1 amide bonds. The number of benzene rings is 1. The normalized spacial score (nSPS) is 14.4. The predicted molar refractivity (Wildman–Crippen MR) is 85.0 cm³/mol. The molecule has 114 valence electrons. The molecule has 0 radical (unpaired) electrons. The molecule has 0 fully saturated rings. The Balaban J connectivity index is 1.89. The molecular formula is C16H15ClN2O3. The summed E-state index contributed by atoms with van der Waals surface area (Å²) in [6, 6.07) is 6.63. The lowest BCUT2D eigenvalue weighted by molar-refractivity contribution is 0.155. The fourth-order valence-corrected chi connectivity index (χ4v) is 1.99. The molecule has 0 aliphatic carbocycles. The van der Waals surface area contributed by atoms with Gasteiger partial charge in [-0.1, -0.05) is 28.8 Å². The van der Waals surface area contributed by atoms with E-state index in [2.05, 4.69) is 11.1 Å². The standard InChI is InChI=1S/C16H15ClN2O3/c1-2-10-21-18-11-13-4-3-9-19(12-13)16(20)22-15-7-5-14(17)6-8-15/h1,4-8,11H,3,9-10,12H2/b18-11+. The van der Waals surface area contributed by atoms with Gasteiger partial charge in [0.15, 0.2) is 6.61 Å². The van der Waals surface area contributed by atoms with Crippen LogP contribution in [0.15, 0.2) is 41.1 Å². The minimum absolute atomic E-state index is 0.117. The van der Waals surface area contributed by atoms with Crippen molar-refractivity contribution < 1.29 is 14.4 Å². The van der Waals surface area contributed by atoms with Crippen LogP contribution in [0, 0.1) is 12.3 Å². The summed E-state index contributed by atoms with van der Waals surface area (Å²) in [5.41, 5.74) is 0.872. The second-order valence-electron chi connectivity index (χ2n) is 4.52. The number of carbonyl (C=O) groups is 1. The van der Waals surface area contributed by atoms with E-state index in [1.54, 1.807) is 35.4 Å². The molecule has 0 N–H and O–H groups in total. The smallest absolute Gasteiger partial charge is 0.410 e. The summed E-state index contributed by atoms with van der Waals surface area (Å²) in [5.74, 6) is 2.77. The molecule has 0 bridgehead atoms. The van der Waals surface area contributed by atoms with Crippen LogP contribution in [0.2, 0.25) is 5.02 Å². The van der Waals surface area contributed by atoms with Gasteiger partial charge in [0.1, 0.15) is 5.75 Å². The Morgan fingerprint density at radius 3 is 2.95 bits per heavy atom. The van der Waals surface area contributed by atoms with Gasteiger partial charge < -0.3 is 14.5 Å². The Morgan fingerprint density at radius 2 is 2.23 bits per heavy atom. The van der Waals surface area contributed by atoms with E-state index < -0.39 is 6.09 Å². The monoisotopic (exact) mass is 318 g/mol. The van der Waals surface area contributed by atoms with Gasteiger partial charge in [-0.2, -0.15) is 0 Å². The first-order valence-electron chi connectivity index (χ1n) is 6.69. The van der Waals surface area contributed by atoms with Gasteiger partial charge in [-0.25, -0.2) is 4.79 Å². The Kier molecular flexibility index (Phi) is 5.87. The van der Waals surface area contributed by atoms with Crippen LogP contribution < -0.4 is 4.74 Å². The lowest BCUT2D eigenvalue weighted by Crippen LogP contribution is -2.38. The number of amides is 1. The Labute approximate surface area is 134 Å². The van der Waals surface area contributed by atoms with Crippen LogP contribution in [0.3, 0.4) is 0 Å². The van der Waals surface area contributed by atoms with Gasteiger partial charge in [-0.15, -0.1) is 6.42 Å². The van der Waals surface area contributed by atoms with Crippen LogP contribution in [-0.2, 0) is 4.84 Å². The summed E-state index contributed by atoms with van der Waals surface area (Å²) in [4.78, 5) is 18.5. The van der Waals surface area contributed by atoms with Crippen LogP contribution in [0.4, 0.5) is 4.79 Å². The van der Waals surface area contributed by atoms with E-state index in [1.807, 2.05) is 6.08 Å². The van der Waals surface area contributed by atoms with Crippen molar-refractivity contribution in [3.05, 3.63) is 40.9 Å². The van der Waals surface area contributed by atoms with Gasteiger partial charge in [0.2, 0.25) is 0 Å². The fraction of sp³-hybridized carbons (Fsp3) is 0.250. The van der Waals surface area contributed by atoms with Crippen LogP contribution in [0.5, 0.6) is 5.75 Å². The maximum atomic E-state index is 12.1. The second-order valence-corrected chi connectivity index (χ2v) is 4.96. The van der Waals surface area contributed by atoms with Crippen LogP contribution >= 0.6 is 11.6 Å². The molecule has 6 heteroatoms. The molecule has 1 aliphatic rings. The van der Waals surface area contributed by atoms with Gasteiger partial charge in [-0.05, 0) is 36.3 Å². The zero-order chi connectivity index (χ0) is 15.8. The number of nitrogens with zero attached hydrogens (tertiary/aromatic N) is 2. The molecule has 0 saturated heterocycles.